The SMILES string of the molecule is CCCNCc1cn(CCOCCC(F)(F)F)nn1. The third-order valence-electron chi connectivity index (χ3n) is 2.31. The Morgan fingerprint density at radius 3 is 2.84 bits per heavy atom. The van der Waals surface area contributed by atoms with E-state index in [1.54, 1.807) is 10.9 Å². The van der Waals surface area contributed by atoms with Crippen molar-refractivity contribution in [2.75, 3.05) is 19.8 Å². The van der Waals surface area contributed by atoms with Gasteiger partial charge in [0.25, 0.3) is 0 Å². The lowest BCUT2D eigenvalue weighted by atomic mass is 10.4. The molecule has 0 aliphatic rings. The van der Waals surface area contributed by atoms with Crippen LogP contribution in [0.2, 0.25) is 0 Å². The molecule has 0 fully saturated rings. The van der Waals surface area contributed by atoms with Crippen molar-refractivity contribution in [1.29, 1.82) is 0 Å². The van der Waals surface area contributed by atoms with Gasteiger partial charge < -0.3 is 10.1 Å². The van der Waals surface area contributed by atoms with Gasteiger partial charge in [0.2, 0.25) is 0 Å². The number of nitrogens with zero attached hydrogens (tertiary/aromatic N) is 3. The first-order chi connectivity index (χ1) is 9.01. The number of rotatable bonds is 9. The zero-order valence-electron chi connectivity index (χ0n) is 10.9. The van der Waals surface area contributed by atoms with Crippen LogP contribution in [-0.4, -0.2) is 40.9 Å². The fourth-order valence-corrected chi connectivity index (χ4v) is 1.37. The molecule has 110 valence electrons. The predicted molar refractivity (Wildman–Crippen MR) is 63.5 cm³/mol. The van der Waals surface area contributed by atoms with Gasteiger partial charge >= 0.3 is 6.18 Å². The van der Waals surface area contributed by atoms with Crippen molar-refractivity contribution in [3.63, 3.8) is 0 Å². The standard InChI is InChI=1S/C11H19F3N4O/c1-2-4-15-8-10-9-18(17-16-10)5-7-19-6-3-11(12,13)14/h9,15H,2-8H2,1H3. The van der Waals surface area contributed by atoms with Crippen molar-refractivity contribution in [1.82, 2.24) is 20.3 Å². The molecule has 5 nitrogen and oxygen atoms in total. The van der Waals surface area contributed by atoms with E-state index < -0.39 is 12.6 Å². The second-order valence-corrected chi connectivity index (χ2v) is 4.13. The molecule has 8 heteroatoms. The molecule has 0 saturated heterocycles. The van der Waals surface area contributed by atoms with Crippen molar-refractivity contribution in [2.45, 2.75) is 39.0 Å². The molecule has 1 rings (SSSR count). The summed E-state index contributed by atoms with van der Waals surface area (Å²) in [6.45, 7) is 3.90. The second-order valence-electron chi connectivity index (χ2n) is 4.13. The van der Waals surface area contributed by atoms with Crippen LogP contribution in [-0.2, 0) is 17.8 Å². The summed E-state index contributed by atoms with van der Waals surface area (Å²) in [5.74, 6) is 0. The molecule has 0 aliphatic heterocycles. The van der Waals surface area contributed by atoms with Gasteiger partial charge in [-0.3, -0.25) is 0 Å². The summed E-state index contributed by atoms with van der Waals surface area (Å²) in [6.07, 6.45) is -2.28. The van der Waals surface area contributed by atoms with Crippen LogP contribution in [0.25, 0.3) is 0 Å². The highest BCUT2D eigenvalue weighted by Gasteiger charge is 2.26. The van der Waals surface area contributed by atoms with Gasteiger partial charge in [0.05, 0.1) is 31.9 Å². The maximum absolute atomic E-state index is 11.8. The fraction of sp³-hybridized carbons (Fsp3) is 0.818. The molecule has 0 aliphatic carbocycles. The minimum Gasteiger partial charge on any atom is -0.379 e. The number of ether oxygens (including phenoxy) is 1. The lowest BCUT2D eigenvalue weighted by Gasteiger charge is -2.06. The average Bonchev–Trinajstić information content (AvgIpc) is 2.75. The Bertz CT molecular complexity index is 354. The van der Waals surface area contributed by atoms with Crippen LogP contribution in [0.5, 0.6) is 0 Å². The molecule has 0 amide bonds. The number of nitrogens with one attached hydrogen (secondary N) is 1. The molecule has 1 N–H and O–H groups in total. The van der Waals surface area contributed by atoms with E-state index >= 15 is 0 Å². The van der Waals surface area contributed by atoms with Gasteiger partial charge in [0.1, 0.15) is 0 Å². The van der Waals surface area contributed by atoms with Crippen molar-refractivity contribution in [3.8, 4) is 0 Å². The number of aromatic nitrogens is 3. The fourth-order valence-electron chi connectivity index (χ4n) is 1.37. The Balaban J connectivity index is 2.12. The third kappa shape index (κ3) is 7.78. The van der Waals surface area contributed by atoms with Crippen LogP contribution in [0.15, 0.2) is 6.20 Å². The first kappa shape index (κ1) is 15.9. The molecule has 0 bridgehead atoms. The minimum absolute atomic E-state index is 0.196. The maximum atomic E-state index is 11.8. The number of hydrogen-bond acceptors (Lipinski definition) is 4. The summed E-state index contributed by atoms with van der Waals surface area (Å²) >= 11 is 0. The molecular weight excluding hydrogens is 261 g/mol. The monoisotopic (exact) mass is 280 g/mol. The van der Waals surface area contributed by atoms with Gasteiger partial charge in [-0.2, -0.15) is 13.2 Å². The van der Waals surface area contributed by atoms with Crippen molar-refractivity contribution < 1.29 is 17.9 Å². The molecule has 1 aromatic rings. The van der Waals surface area contributed by atoms with Gasteiger partial charge in [-0.25, -0.2) is 4.68 Å². The second kappa shape index (κ2) is 8.11. The molecule has 0 aromatic carbocycles. The summed E-state index contributed by atoms with van der Waals surface area (Å²) in [5.41, 5.74) is 0.809. The van der Waals surface area contributed by atoms with E-state index in [2.05, 4.69) is 22.6 Å². The number of halogens is 3. The van der Waals surface area contributed by atoms with Crippen LogP contribution in [0.4, 0.5) is 13.2 Å². The first-order valence-electron chi connectivity index (χ1n) is 6.25. The Morgan fingerprint density at radius 1 is 1.37 bits per heavy atom. The van der Waals surface area contributed by atoms with Crippen LogP contribution >= 0.6 is 0 Å². The van der Waals surface area contributed by atoms with Gasteiger partial charge in [-0.05, 0) is 13.0 Å². The van der Waals surface area contributed by atoms with E-state index in [9.17, 15) is 13.2 Å². The largest absolute Gasteiger partial charge is 0.391 e. The van der Waals surface area contributed by atoms with Crippen molar-refractivity contribution >= 4 is 0 Å². The zero-order chi connectivity index (χ0) is 14.1. The van der Waals surface area contributed by atoms with Crippen LogP contribution < -0.4 is 5.32 Å². The van der Waals surface area contributed by atoms with E-state index in [1.807, 2.05) is 0 Å². The van der Waals surface area contributed by atoms with Gasteiger partial charge in [0, 0.05) is 12.7 Å². The quantitative estimate of drug-likeness (QED) is 0.700. The highest BCUT2D eigenvalue weighted by atomic mass is 19.4. The third-order valence-corrected chi connectivity index (χ3v) is 2.31. The lowest BCUT2D eigenvalue weighted by Crippen LogP contribution is -2.14. The molecule has 0 saturated carbocycles. The lowest BCUT2D eigenvalue weighted by molar-refractivity contribution is -0.145. The van der Waals surface area contributed by atoms with Crippen molar-refractivity contribution in [3.05, 3.63) is 11.9 Å². The van der Waals surface area contributed by atoms with Gasteiger partial charge in [-0.15, -0.1) is 5.10 Å². The summed E-state index contributed by atoms with van der Waals surface area (Å²) < 4.78 is 42.0. The van der Waals surface area contributed by atoms with Gasteiger partial charge in [0.15, 0.2) is 0 Å². The smallest absolute Gasteiger partial charge is 0.379 e. The molecule has 1 heterocycles. The normalized spacial score (nSPS) is 12.0. The zero-order valence-corrected chi connectivity index (χ0v) is 10.9. The molecule has 1 aromatic heterocycles. The molecule has 0 radical (unpaired) electrons. The van der Waals surface area contributed by atoms with Crippen LogP contribution in [0.3, 0.4) is 0 Å². The Morgan fingerprint density at radius 2 is 2.16 bits per heavy atom. The molecule has 19 heavy (non-hydrogen) atoms. The number of hydrogen-bond donors (Lipinski definition) is 1. The summed E-state index contributed by atoms with van der Waals surface area (Å²) in [7, 11) is 0. The van der Waals surface area contributed by atoms with Crippen LogP contribution in [0, 0.1) is 0 Å². The van der Waals surface area contributed by atoms with E-state index in [4.69, 9.17) is 4.74 Å². The van der Waals surface area contributed by atoms with E-state index in [0.717, 1.165) is 18.7 Å². The topological polar surface area (TPSA) is 52.0 Å². The van der Waals surface area contributed by atoms with E-state index in [0.29, 0.717) is 13.1 Å². The number of alkyl halides is 3. The highest BCUT2D eigenvalue weighted by Crippen LogP contribution is 2.18. The summed E-state index contributed by atoms with van der Waals surface area (Å²) in [5, 5.41) is 11.0. The summed E-state index contributed by atoms with van der Waals surface area (Å²) in [4.78, 5) is 0. The van der Waals surface area contributed by atoms with Crippen LogP contribution in [0.1, 0.15) is 25.5 Å². The summed E-state index contributed by atoms with van der Waals surface area (Å²) in [6, 6.07) is 0. The maximum Gasteiger partial charge on any atom is 0.391 e. The van der Waals surface area contributed by atoms with E-state index in [1.165, 1.54) is 0 Å². The Hall–Kier alpha value is -1.15. The molecule has 0 atom stereocenters. The Kier molecular flexibility index (Phi) is 6.79. The minimum atomic E-state index is -4.16. The average molecular weight is 280 g/mol. The highest BCUT2D eigenvalue weighted by molar-refractivity contribution is 4.91. The molecule has 0 spiro atoms. The van der Waals surface area contributed by atoms with Gasteiger partial charge in [-0.1, -0.05) is 12.1 Å². The first-order valence-corrected chi connectivity index (χ1v) is 6.25. The predicted octanol–water partition coefficient (Wildman–Crippen LogP) is 1.75. The molecular formula is C11H19F3N4O. The Labute approximate surface area is 110 Å². The van der Waals surface area contributed by atoms with E-state index in [-0.39, 0.29) is 13.2 Å². The van der Waals surface area contributed by atoms with Crippen molar-refractivity contribution in [2.24, 2.45) is 0 Å². The molecule has 0 unspecified atom stereocenters.